The zero-order valence-electron chi connectivity index (χ0n) is 18.2. The summed E-state index contributed by atoms with van der Waals surface area (Å²) >= 11 is 0. The minimum atomic E-state index is -4.55. The fourth-order valence-corrected chi connectivity index (χ4v) is 3.89. The molecule has 0 fully saturated rings. The van der Waals surface area contributed by atoms with Gasteiger partial charge in [0.25, 0.3) is 5.91 Å². The van der Waals surface area contributed by atoms with Crippen molar-refractivity contribution < 1.29 is 27.4 Å². The summed E-state index contributed by atoms with van der Waals surface area (Å²) in [4.78, 5) is 12.7. The largest absolute Gasteiger partial charge is 0.493 e. The molecule has 4 rings (SSSR count). The molecule has 0 saturated carbocycles. The lowest BCUT2D eigenvalue weighted by molar-refractivity contribution is -0.173. The van der Waals surface area contributed by atoms with Gasteiger partial charge in [0.2, 0.25) is 0 Å². The SMILES string of the molecule is COc1ccc([C@@H]2C[C@@H](C(F)(F)F)n3nc(C(=O)Nc4cccc(C)c4)cc3N2)cc1OC. The molecule has 10 heteroatoms. The van der Waals surface area contributed by atoms with Gasteiger partial charge in [-0.1, -0.05) is 18.2 Å². The third-order valence-electron chi connectivity index (χ3n) is 5.51. The van der Waals surface area contributed by atoms with E-state index in [4.69, 9.17) is 9.47 Å². The molecule has 1 aliphatic heterocycles. The first-order chi connectivity index (χ1) is 15.7. The molecule has 2 atom stereocenters. The Hall–Kier alpha value is -3.69. The molecule has 2 heterocycles. The molecule has 7 nitrogen and oxygen atoms in total. The number of carbonyl (C=O) groups is 1. The van der Waals surface area contributed by atoms with Crippen LogP contribution in [0.2, 0.25) is 0 Å². The Morgan fingerprint density at radius 3 is 2.55 bits per heavy atom. The van der Waals surface area contributed by atoms with Gasteiger partial charge in [-0.05, 0) is 42.3 Å². The van der Waals surface area contributed by atoms with E-state index in [2.05, 4.69) is 15.7 Å². The Balaban J connectivity index is 1.65. The second-order valence-electron chi connectivity index (χ2n) is 7.79. The van der Waals surface area contributed by atoms with Crippen molar-refractivity contribution in [2.45, 2.75) is 31.6 Å². The highest BCUT2D eigenvalue weighted by molar-refractivity contribution is 6.03. The molecule has 0 saturated heterocycles. The lowest BCUT2D eigenvalue weighted by Crippen LogP contribution is -2.35. The first-order valence-corrected chi connectivity index (χ1v) is 10.2. The van der Waals surface area contributed by atoms with Crippen LogP contribution in [-0.2, 0) is 0 Å². The zero-order chi connectivity index (χ0) is 23.8. The van der Waals surface area contributed by atoms with E-state index in [-0.39, 0.29) is 17.9 Å². The number of hydrogen-bond donors (Lipinski definition) is 2. The molecule has 1 amide bonds. The van der Waals surface area contributed by atoms with Crippen LogP contribution < -0.4 is 20.1 Å². The third-order valence-corrected chi connectivity index (χ3v) is 5.51. The minimum absolute atomic E-state index is 0.109. The highest BCUT2D eigenvalue weighted by Crippen LogP contribution is 2.44. The maximum Gasteiger partial charge on any atom is 0.410 e. The highest BCUT2D eigenvalue weighted by Gasteiger charge is 2.47. The van der Waals surface area contributed by atoms with E-state index >= 15 is 0 Å². The molecule has 0 unspecified atom stereocenters. The van der Waals surface area contributed by atoms with Gasteiger partial charge < -0.3 is 20.1 Å². The normalized spacial score (nSPS) is 17.6. The molecule has 2 aromatic carbocycles. The van der Waals surface area contributed by atoms with Crippen LogP contribution in [-0.4, -0.2) is 36.1 Å². The van der Waals surface area contributed by atoms with Crippen molar-refractivity contribution in [2.24, 2.45) is 0 Å². The van der Waals surface area contributed by atoms with E-state index in [0.717, 1.165) is 10.2 Å². The molecule has 174 valence electrons. The van der Waals surface area contributed by atoms with Gasteiger partial charge in [0, 0.05) is 18.2 Å². The summed E-state index contributed by atoms with van der Waals surface area (Å²) in [7, 11) is 2.95. The minimum Gasteiger partial charge on any atom is -0.493 e. The van der Waals surface area contributed by atoms with Crippen LogP contribution >= 0.6 is 0 Å². The first kappa shape index (κ1) is 22.5. The number of rotatable bonds is 5. The van der Waals surface area contributed by atoms with Crippen LogP contribution in [0.5, 0.6) is 11.5 Å². The Labute approximate surface area is 188 Å². The van der Waals surface area contributed by atoms with Crippen molar-refractivity contribution >= 4 is 17.4 Å². The lowest BCUT2D eigenvalue weighted by Gasteiger charge is -2.33. The van der Waals surface area contributed by atoms with Crippen LogP contribution in [0.15, 0.2) is 48.5 Å². The third kappa shape index (κ3) is 4.59. The van der Waals surface area contributed by atoms with Crippen molar-refractivity contribution in [3.63, 3.8) is 0 Å². The summed E-state index contributed by atoms with van der Waals surface area (Å²) in [6.07, 6.45) is -4.85. The van der Waals surface area contributed by atoms with E-state index in [1.54, 1.807) is 36.4 Å². The second kappa shape index (κ2) is 8.68. The molecule has 1 aliphatic rings. The van der Waals surface area contributed by atoms with Gasteiger partial charge in [-0.3, -0.25) is 4.79 Å². The fraction of sp³-hybridized carbons (Fsp3) is 0.304. The van der Waals surface area contributed by atoms with E-state index < -0.39 is 24.2 Å². The van der Waals surface area contributed by atoms with E-state index in [0.29, 0.717) is 22.7 Å². The predicted octanol–water partition coefficient (Wildman–Crippen LogP) is 5.12. The summed E-state index contributed by atoms with van der Waals surface area (Å²) in [5, 5.41) is 9.74. The molecule has 2 N–H and O–H groups in total. The number of nitrogens with one attached hydrogen (secondary N) is 2. The Morgan fingerprint density at radius 2 is 1.88 bits per heavy atom. The number of aryl methyl sites for hydroxylation is 1. The number of halogens is 3. The van der Waals surface area contributed by atoms with Crippen LogP contribution in [0.1, 0.15) is 40.1 Å². The van der Waals surface area contributed by atoms with Crippen LogP contribution in [0.3, 0.4) is 0 Å². The first-order valence-electron chi connectivity index (χ1n) is 10.2. The van der Waals surface area contributed by atoms with Gasteiger partial charge in [-0.15, -0.1) is 0 Å². The Bertz CT molecular complexity index is 1180. The van der Waals surface area contributed by atoms with Gasteiger partial charge in [-0.25, -0.2) is 4.68 Å². The molecule has 0 aliphatic carbocycles. The Kier molecular flexibility index (Phi) is 5.92. The molecule has 0 radical (unpaired) electrons. The summed E-state index contributed by atoms with van der Waals surface area (Å²) in [5.41, 5.74) is 1.96. The number of aromatic nitrogens is 2. The molecule has 0 spiro atoms. The molecule has 33 heavy (non-hydrogen) atoms. The van der Waals surface area contributed by atoms with E-state index in [1.807, 2.05) is 13.0 Å². The van der Waals surface area contributed by atoms with Crippen molar-refractivity contribution in [3.8, 4) is 11.5 Å². The molecular formula is C23H23F3N4O3. The van der Waals surface area contributed by atoms with Crippen molar-refractivity contribution in [1.29, 1.82) is 0 Å². The van der Waals surface area contributed by atoms with Crippen LogP contribution in [0, 0.1) is 6.92 Å². The maximum atomic E-state index is 13.9. The van der Waals surface area contributed by atoms with Gasteiger partial charge in [-0.2, -0.15) is 18.3 Å². The van der Waals surface area contributed by atoms with Crippen molar-refractivity contribution in [3.05, 3.63) is 65.4 Å². The fourth-order valence-electron chi connectivity index (χ4n) is 3.89. The number of ether oxygens (including phenoxy) is 2. The summed E-state index contributed by atoms with van der Waals surface area (Å²) in [6.45, 7) is 1.87. The number of carbonyl (C=O) groups excluding carboxylic acids is 1. The van der Waals surface area contributed by atoms with E-state index in [9.17, 15) is 18.0 Å². The number of methoxy groups -OCH3 is 2. The van der Waals surface area contributed by atoms with Gasteiger partial charge in [0.15, 0.2) is 23.2 Å². The zero-order valence-corrected chi connectivity index (χ0v) is 18.2. The van der Waals surface area contributed by atoms with Crippen molar-refractivity contribution in [1.82, 2.24) is 9.78 Å². The van der Waals surface area contributed by atoms with Crippen molar-refractivity contribution in [2.75, 3.05) is 24.9 Å². The Morgan fingerprint density at radius 1 is 1.12 bits per heavy atom. The maximum absolute atomic E-state index is 13.9. The molecule has 1 aromatic heterocycles. The van der Waals surface area contributed by atoms with Gasteiger partial charge in [0.1, 0.15) is 5.82 Å². The highest BCUT2D eigenvalue weighted by atomic mass is 19.4. The molecule has 0 bridgehead atoms. The van der Waals surface area contributed by atoms with Gasteiger partial charge >= 0.3 is 6.18 Å². The number of hydrogen-bond acceptors (Lipinski definition) is 5. The number of anilines is 2. The van der Waals surface area contributed by atoms with Gasteiger partial charge in [0.05, 0.1) is 20.3 Å². The second-order valence-corrected chi connectivity index (χ2v) is 7.79. The lowest BCUT2D eigenvalue weighted by atomic mass is 9.96. The van der Waals surface area contributed by atoms with Crippen LogP contribution in [0.4, 0.5) is 24.7 Å². The monoisotopic (exact) mass is 460 g/mol. The predicted molar refractivity (Wildman–Crippen MR) is 117 cm³/mol. The van der Waals surface area contributed by atoms with E-state index in [1.165, 1.54) is 20.3 Å². The number of benzene rings is 2. The summed E-state index contributed by atoms with van der Waals surface area (Å²) in [6, 6.07) is 10.8. The number of alkyl halides is 3. The smallest absolute Gasteiger partial charge is 0.410 e. The molecular weight excluding hydrogens is 437 g/mol. The average molecular weight is 460 g/mol. The number of nitrogens with zero attached hydrogens (tertiary/aromatic N) is 2. The topological polar surface area (TPSA) is 77.4 Å². The quantitative estimate of drug-likeness (QED) is 0.553. The molecule has 3 aromatic rings. The average Bonchev–Trinajstić information content (AvgIpc) is 3.21. The number of amides is 1. The summed E-state index contributed by atoms with van der Waals surface area (Å²) in [5.74, 6) is 0.410. The van der Waals surface area contributed by atoms with Crippen LogP contribution in [0.25, 0.3) is 0 Å². The number of fused-ring (bicyclic) bond motifs is 1. The summed E-state index contributed by atoms with van der Waals surface area (Å²) < 4.78 is 53.2. The standard InChI is InChI=1S/C23H23F3N4O3/c1-13-5-4-6-15(9-13)27-22(31)17-12-21-28-16(11-20(23(24,25)26)30(21)29-17)14-7-8-18(32-2)19(10-14)33-3/h4-10,12,16,20,28H,11H2,1-3H3,(H,27,31)/t16-,20-/m0/s1.